The van der Waals surface area contributed by atoms with Crippen molar-refractivity contribution in [2.45, 2.75) is 91.4 Å². The third-order valence-electron chi connectivity index (χ3n) is 5.20. The number of rotatable bonds is 12. The summed E-state index contributed by atoms with van der Waals surface area (Å²) >= 11 is 6.41. The molecule has 1 aromatic carbocycles. The SMILES string of the molecule is C=Cc1c(C)c(C)c(CCCCCCCCCCCC)c(N)c1Cl. The molecule has 2 N–H and O–H groups in total. The van der Waals surface area contributed by atoms with E-state index in [1.807, 2.05) is 6.08 Å². The average Bonchev–Trinajstić information content (AvgIpc) is 2.58. The van der Waals surface area contributed by atoms with E-state index >= 15 is 0 Å². The Morgan fingerprint density at radius 1 is 0.875 bits per heavy atom. The van der Waals surface area contributed by atoms with Crippen LogP contribution in [-0.2, 0) is 6.42 Å². The van der Waals surface area contributed by atoms with Crippen LogP contribution in [0.2, 0.25) is 5.02 Å². The Labute approximate surface area is 154 Å². The minimum atomic E-state index is 0.676. The molecule has 0 unspecified atom stereocenters. The van der Waals surface area contributed by atoms with Gasteiger partial charge < -0.3 is 5.73 Å². The van der Waals surface area contributed by atoms with Crippen molar-refractivity contribution in [2.75, 3.05) is 5.73 Å². The standard InChI is InChI=1S/C22H36ClN/c1-5-7-8-9-10-11-12-13-14-15-16-20-18(4)17(3)19(6-2)21(23)22(20)24/h6H,2,5,7-16,24H2,1,3-4H3. The van der Waals surface area contributed by atoms with Gasteiger partial charge in [-0.1, -0.05) is 89.0 Å². The third kappa shape index (κ3) is 6.16. The molecule has 0 bridgehead atoms. The van der Waals surface area contributed by atoms with Gasteiger partial charge in [0.2, 0.25) is 0 Å². The maximum atomic E-state index is 6.41. The zero-order valence-electron chi connectivity index (χ0n) is 16.0. The van der Waals surface area contributed by atoms with E-state index in [1.54, 1.807) is 0 Å². The van der Waals surface area contributed by atoms with Crippen LogP contribution in [0.5, 0.6) is 0 Å². The zero-order chi connectivity index (χ0) is 17.9. The fourth-order valence-electron chi connectivity index (χ4n) is 3.43. The van der Waals surface area contributed by atoms with Crippen molar-refractivity contribution in [3.63, 3.8) is 0 Å². The highest BCUT2D eigenvalue weighted by Gasteiger charge is 2.14. The molecule has 0 fully saturated rings. The van der Waals surface area contributed by atoms with Crippen molar-refractivity contribution in [2.24, 2.45) is 0 Å². The van der Waals surface area contributed by atoms with Gasteiger partial charge in [0.15, 0.2) is 0 Å². The first-order chi connectivity index (χ1) is 11.5. The maximum absolute atomic E-state index is 6.41. The molecule has 0 radical (unpaired) electrons. The average molecular weight is 350 g/mol. The lowest BCUT2D eigenvalue weighted by Crippen LogP contribution is -2.03. The smallest absolute Gasteiger partial charge is 0.0713 e. The topological polar surface area (TPSA) is 26.0 Å². The van der Waals surface area contributed by atoms with Crippen LogP contribution < -0.4 is 5.73 Å². The summed E-state index contributed by atoms with van der Waals surface area (Å²) in [5.41, 5.74) is 11.7. The monoisotopic (exact) mass is 349 g/mol. The van der Waals surface area contributed by atoms with Crippen LogP contribution in [0, 0.1) is 13.8 Å². The van der Waals surface area contributed by atoms with Crippen molar-refractivity contribution in [1.82, 2.24) is 0 Å². The summed E-state index contributed by atoms with van der Waals surface area (Å²) < 4.78 is 0. The van der Waals surface area contributed by atoms with Crippen molar-refractivity contribution in [1.29, 1.82) is 0 Å². The molecule has 1 rings (SSSR count). The Kier molecular flexibility index (Phi) is 10.2. The molecule has 136 valence electrons. The Morgan fingerprint density at radius 2 is 1.38 bits per heavy atom. The Bertz CT molecular complexity index is 490. The number of benzene rings is 1. The molecule has 0 aliphatic heterocycles. The molecule has 0 aliphatic rings. The summed E-state index contributed by atoms with van der Waals surface area (Å²) in [6, 6.07) is 0. The number of hydrogen-bond acceptors (Lipinski definition) is 1. The van der Waals surface area contributed by atoms with Gasteiger partial charge in [0.05, 0.1) is 10.7 Å². The predicted octanol–water partition coefficient (Wildman–Crippen LogP) is 7.65. The van der Waals surface area contributed by atoms with Gasteiger partial charge in [-0.05, 0) is 48.9 Å². The molecule has 24 heavy (non-hydrogen) atoms. The minimum Gasteiger partial charge on any atom is -0.397 e. The van der Waals surface area contributed by atoms with Crippen molar-refractivity contribution >= 4 is 23.4 Å². The summed E-state index contributed by atoms with van der Waals surface area (Å²) in [4.78, 5) is 0. The largest absolute Gasteiger partial charge is 0.397 e. The molecule has 0 atom stereocenters. The van der Waals surface area contributed by atoms with Gasteiger partial charge >= 0.3 is 0 Å². The maximum Gasteiger partial charge on any atom is 0.0713 e. The highest BCUT2D eigenvalue weighted by Crippen LogP contribution is 2.35. The van der Waals surface area contributed by atoms with Crippen molar-refractivity contribution in [3.8, 4) is 0 Å². The lowest BCUT2D eigenvalue weighted by atomic mass is 9.92. The number of anilines is 1. The molecular formula is C22H36ClN. The summed E-state index contributed by atoms with van der Waals surface area (Å²) in [5, 5.41) is 0.676. The van der Waals surface area contributed by atoms with Gasteiger partial charge in [-0.3, -0.25) is 0 Å². The Hall–Kier alpha value is -0.950. The first-order valence-electron chi connectivity index (χ1n) is 9.74. The number of halogens is 1. The van der Waals surface area contributed by atoms with Crippen molar-refractivity contribution < 1.29 is 0 Å². The highest BCUT2D eigenvalue weighted by molar-refractivity contribution is 6.35. The van der Waals surface area contributed by atoms with Gasteiger partial charge in [-0.25, -0.2) is 0 Å². The van der Waals surface area contributed by atoms with Crippen LogP contribution in [0.3, 0.4) is 0 Å². The Balaban J connectivity index is 2.35. The van der Waals surface area contributed by atoms with E-state index in [0.717, 1.165) is 17.7 Å². The van der Waals surface area contributed by atoms with Crippen molar-refractivity contribution in [3.05, 3.63) is 33.9 Å². The fourth-order valence-corrected chi connectivity index (χ4v) is 3.76. The van der Waals surface area contributed by atoms with E-state index in [1.165, 1.54) is 80.9 Å². The molecule has 0 heterocycles. The molecule has 0 amide bonds. The van der Waals surface area contributed by atoms with E-state index in [-0.39, 0.29) is 0 Å². The van der Waals surface area contributed by atoms with Gasteiger partial charge in [0.25, 0.3) is 0 Å². The van der Waals surface area contributed by atoms with Crippen LogP contribution in [0.4, 0.5) is 5.69 Å². The molecule has 0 aromatic heterocycles. The van der Waals surface area contributed by atoms with Crippen LogP contribution in [0.25, 0.3) is 6.08 Å². The van der Waals surface area contributed by atoms with E-state index in [2.05, 4.69) is 27.4 Å². The first kappa shape index (κ1) is 21.1. The van der Waals surface area contributed by atoms with Gasteiger partial charge in [-0.2, -0.15) is 0 Å². The summed E-state index contributed by atoms with van der Waals surface area (Å²) in [5.74, 6) is 0. The van der Waals surface area contributed by atoms with E-state index in [4.69, 9.17) is 17.3 Å². The molecule has 1 nitrogen and oxygen atoms in total. The van der Waals surface area contributed by atoms with E-state index in [0.29, 0.717) is 5.02 Å². The molecule has 0 aliphatic carbocycles. The normalized spacial score (nSPS) is 11.0. The second-order valence-electron chi connectivity index (χ2n) is 7.01. The summed E-state index contributed by atoms with van der Waals surface area (Å²) in [7, 11) is 0. The van der Waals surface area contributed by atoms with E-state index < -0.39 is 0 Å². The number of unbranched alkanes of at least 4 members (excludes halogenated alkanes) is 9. The van der Waals surface area contributed by atoms with Gasteiger partial charge in [0.1, 0.15) is 0 Å². The summed E-state index contributed by atoms with van der Waals surface area (Å²) in [6.45, 7) is 10.4. The molecule has 1 aromatic rings. The number of hydrogen-bond donors (Lipinski definition) is 1. The lowest BCUT2D eigenvalue weighted by Gasteiger charge is -2.17. The van der Waals surface area contributed by atoms with Crippen LogP contribution >= 0.6 is 11.6 Å². The molecular weight excluding hydrogens is 314 g/mol. The van der Waals surface area contributed by atoms with Gasteiger partial charge in [0, 0.05) is 0 Å². The second kappa shape index (κ2) is 11.6. The summed E-state index contributed by atoms with van der Waals surface area (Å²) in [6.07, 6.45) is 16.4. The minimum absolute atomic E-state index is 0.676. The van der Waals surface area contributed by atoms with Crippen LogP contribution in [0.15, 0.2) is 6.58 Å². The van der Waals surface area contributed by atoms with Gasteiger partial charge in [-0.15, -0.1) is 0 Å². The van der Waals surface area contributed by atoms with Crippen LogP contribution in [-0.4, -0.2) is 0 Å². The predicted molar refractivity (Wildman–Crippen MR) is 111 cm³/mol. The quantitative estimate of drug-likeness (QED) is 0.304. The number of nitrogen functional groups attached to an aromatic ring is 1. The molecule has 2 heteroatoms. The number of nitrogens with two attached hydrogens (primary N) is 1. The second-order valence-corrected chi connectivity index (χ2v) is 7.38. The zero-order valence-corrected chi connectivity index (χ0v) is 16.8. The highest BCUT2D eigenvalue weighted by atomic mass is 35.5. The van der Waals surface area contributed by atoms with E-state index in [9.17, 15) is 0 Å². The first-order valence-corrected chi connectivity index (χ1v) is 10.1. The molecule has 0 spiro atoms. The fraction of sp³-hybridized carbons (Fsp3) is 0.636. The Morgan fingerprint density at radius 3 is 1.88 bits per heavy atom. The third-order valence-corrected chi connectivity index (χ3v) is 5.61. The molecule has 0 saturated carbocycles. The lowest BCUT2D eigenvalue weighted by molar-refractivity contribution is 0.556. The molecule has 0 saturated heterocycles. The van der Waals surface area contributed by atoms with Crippen LogP contribution in [0.1, 0.15) is 93.4 Å².